The van der Waals surface area contributed by atoms with Crippen molar-refractivity contribution in [3.63, 3.8) is 0 Å². The lowest BCUT2D eigenvalue weighted by Gasteiger charge is -1.89. The van der Waals surface area contributed by atoms with Crippen LogP contribution in [0, 0.1) is 5.95 Å². The standard InChI is InChI=1S/C7H4ClFN2/c8-4-2-1-3-5-6(4)7(9)11-10-5/h1-3H,(H,10,11). The summed E-state index contributed by atoms with van der Waals surface area (Å²) in [6, 6.07) is 5.05. The average Bonchev–Trinajstić information content (AvgIpc) is 2.34. The molecule has 0 saturated heterocycles. The molecule has 0 saturated carbocycles. The summed E-state index contributed by atoms with van der Waals surface area (Å²) in [5, 5.41) is 6.65. The molecule has 1 aromatic carbocycles. The smallest absolute Gasteiger partial charge is 0.218 e. The van der Waals surface area contributed by atoms with Crippen LogP contribution in [0.15, 0.2) is 18.2 Å². The van der Waals surface area contributed by atoms with Gasteiger partial charge in [0.2, 0.25) is 5.95 Å². The summed E-state index contributed by atoms with van der Waals surface area (Å²) >= 11 is 5.70. The number of nitrogens with zero attached hydrogens (tertiary/aromatic N) is 1. The van der Waals surface area contributed by atoms with Crippen molar-refractivity contribution in [1.82, 2.24) is 10.2 Å². The van der Waals surface area contributed by atoms with Crippen molar-refractivity contribution in [3.05, 3.63) is 29.2 Å². The van der Waals surface area contributed by atoms with E-state index < -0.39 is 5.95 Å². The van der Waals surface area contributed by atoms with Crippen LogP contribution in [0.5, 0.6) is 0 Å². The molecule has 1 N–H and O–H groups in total. The van der Waals surface area contributed by atoms with Crippen molar-refractivity contribution in [1.29, 1.82) is 0 Å². The summed E-state index contributed by atoms with van der Waals surface area (Å²) in [6.07, 6.45) is 0. The molecule has 0 aliphatic heterocycles. The molecule has 0 amide bonds. The molecular formula is C7H4ClFN2. The van der Waals surface area contributed by atoms with Crippen LogP contribution in [0.25, 0.3) is 10.9 Å². The van der Waals surface area contributed by atoms with Gasteiger partial charge in [-0.2, -0.15) is 9.49 Å². The molecule has 0 aliphatic carbocycles. The van der Waals surface area contributed by atoms with Crippen LogP contribution >= 0.6 is 11.6 Å². The van der Waals surface area contributed by atoms with Crippen molar-refractivity contribution in [2.24, 2.45) is 0 Å². The second-order valence-electron chi connectivity index (χ2n) is 2.17. The molecule has 2 nitrogen and oxygen atoms in total. The Bertz CT molecular complexity index is 396. The van der Waals surface area contributed by atoms with E-state index in [0.29, 0.717) is 15.9 Å². The van der Waals surface area contributed by atoms with Crippen molar-refractivity contribution in [3.8, 4) is 0 Å². The van der Waals surface area contributed by atoms with Gasteiger partial charge in [0.05, 0.1) is 15.9 Å². The Kier molecular flexibility index (Phi) is 1.32. The summed E-state index contributed by atoms with van der Waals surface area (Å²) in [6.45, 7) is 0. The average molecular weight is 171 g/mol. The third-order valence-electron chi connectivity index (χ3n) is 1.49. The second kappa shape index (κ2) is 2.20. The van der Waals surface area contributed by atoms with Crippen molar-refractivity contribution < 1.29 is 4.39 Å². The van der Waals surface area contributed by atoms with Gasteiger partial charge in [0, 0.05) is 0 Å². The molecule has 0 fully saturated rings. The predicted molar refractivity (Wildman–Crippen MR) is 41.1 cm³/mol. The summed E-state index contributed by atoms with van der Waals surface area (Å²) in [5.41, 5.74) is 0.551. The zero-order chi connectivity index (χ0) is 7.84. The van der Waals surface area contributed by atoms with Gasteiger partial charge in [-0.05, 0) is 12.1 Å². The van der Waals surface area contributed by atoms with E-state index in [4.69, 9.17) is 11.6 Å². The molecule has 0 bridgehead atoms. The Morgan fingerprint density at radius 3 is 3.00 bits per heavy atom. The highest BCUT2D eigenvalue weighted by molar-refractivity contribution is 6.35. The van der Waals surface area contributed by atoms with Crippen LogP contribution in [-0.2, 0) is 0 Å². The normalized spacial score (nSPS) is 10.7. The Hall–Kier alpha value is -1.09. The zero-order valence-electron chi connectivity index (χ0n) is 5.44. The number of H-pyrrole nitrogens is 1. The van der Waals surface area contributed by atoms with E-state index in [9.17, 15) is 4.39 Å². The third-order valence-corrected chi connectivity index (χ3v) is 1.80. The fourth-order valence-corrected chi connectivity index (χ4v) is 1.24. The lowest BCUT2D eigenvalue weighted by molar-refractivity contribution is 0.588. The van der Waals surface area contributed by atoms with E-state index in [1.165, 1.54) is 0 Å². The number of benzene rings is 1. The fourth-order valence-electron chi connectivity index (χ4n) is 0.988. The molecular weight excluding hydrogens is 167 g/mol. The SMILES string of the molecule is Fc1[nH]nc2cccc(Cl)c12. The fraction of sp³-hybridized carbons (Fsp3) is 0. The third kappa shape index (κ3) is 0.886. The molecule has 0 spiro atoms. The van der Waals surface area contributed by atoms with Gasteiger partial charge in [0.15, 0.2) is 0 Å². The highest BCUT2D eigenvalue weighted by atomic mass is 35.5. The van der Waals surface area contributed by atoms with E-state index in [2.05, 4.69) is 10.2 Å². The highest BCUT2D eigenvalue weighted by Crippen LogP contribution is 2.23. The van der Waals surface area contributed by atoms with Crippen molar-refractivity contribution in [2.45, 2.75) is 0 Å². The molecule has 0 unspecified atom stereocenters. The minimum absolute atomic E-state index is 0.356. The largest absolute Gasteiger partial charge is 0.252 e. The zero-order valence-corrected chi connectivity index (χ0v) is 6.19. The minimum atomic E-state index is -0.481. The van der Waals surface area contributed by atoms with Gasteiger partial charge in [0.25, 0.3) is 0 Å². The number of nitrogens with one attached hydrogen (secondary N) is 1. The maximum absolute atomic E-state index is 12.8. The van der Waals surface area contributed by atoms with Gasteiger partial charge in [-0.1, -0.05) is 17.7 Å². The van der Waals surface area contributed by atoms with Crippen LogP contribution in [0.4, 0.5) is 4.39 Å². The summed E-state index contributed by atoms with van der Waals surface area (Å²) in [7, 11) is 0. The Labute approximate surface area is 67.0 Å². The van der Waals surface area contributed by atoms with E-state index in [0.717, 1.165) is 0 Å². The van der Waals surface area contributed by atoms with Gasteiger partial charge in [-0.25, -0.2) is 0 Å². The first-order valence-corrected chi connectivity index (χ1v) is 3.45. The number of aromatic amines is 1. The van der Waals surface area contributed by atoms with Gasteiger partial charge in [-0.15, -0.1) is 0 Å². The summed E-state index contributed by atoms with van der Waals surface area (Å²) in [4.78, 5) is 0. The second-order valence-corrected chi connectivity index (χ2v) is 2.58. The van der Waals surface area contributed by atoms with Crippen LogP contribution < -0.4 is 0 Å². The molecule has 2 aromatic rings. The summed E-state index contributed by atoms with van der Waals surface area (Å²) in [5.74, 6) is -0.481. The molecule has 1 heterocycles. The van der Waals surface area contributed by atoms with Crippen molar-refractivity contribution in [2.75, 3.05) is 0 Å². The molecule has 0 radical (unpaired) electrons. The lowest BCUT2D eigenvalue weighted by atomic mass is 10.2. The highest BCUT2D eigenvalue weighted by Gasteiger charge is 2.06. The quantitative estimate of drug-likeness (QED) is 0.646. The molecule has 56 valence electrons. The first-order chi connectivity index (χ1) is 5.29. The van der Waals surface area contributed by atoms with Crippen molar-refractivity contribution >= 4 is 22.5 Å². The number of hydrogen-bond acceptors (Lipinski definition) is 1. The van der Waals surface area contributed by atoms with Crippen LogP contribution in [-0.4, -0.2) is 10.2 Å². The van der Waals surface area contributed by atoms with E-state index in [-0.39, 0.29) is 0 Å². The van der Waals surface area contributed by atoms with Gasteiger partial charge >= 0.3 is 0 Å². The number of aromatic nitrogens is 2. The predicted octanol–water partition coefficient (Wildman–Crippen LogP) is 2.36. The maximum Gasteiger partial charge on any atom is 0.218 e. The lowest BCUT2D eigenvalue weighted by Crippen LogP contribution is -1.72. The molecule has 1 aromatic heterocycles. The number of halogens is 2. The molecule has 2 rings (SSSR count). The number of hydrogen-bond donors (Lipinski definition) is 1. The number of rotatable bonds is 0. The van der Waals surface area contributed by atoms with E-state index in [1.54, 1.807) is 18.2 Å². The molecule has 0 atom stereocenters. The summed E-state index contributed by atoms with van der Waals surface area (Å²) < 4.78 is 12.8. The monoisotopic (exact) mass is 170 g/mol. The first kappa shape index (κ1) is 6.61. The maximum atomic E-state index is 12.8. The molecule has 4 heteroatoms. The number of fused-ring (bicyclic) bond motifs is 1. The van der Waals surface area contributed by atoms with E-state index >= 15 is 0 Å². The van der Waals surface area contributed by atoms with Crippen LogP contribution in [0.2, 0.25) is 5.02 Å². The van der Waals surface area contributed by atoms with Gasteiger partial charge in [0.1, 0.15) is 0 Å². The van der Waals surface area contributed by atoms with Gasteiger partial charge < -0.3 is 0 Å². The minimum Gasteiger partial charge on any atom is -0.252 e. The molecule has 0 aliphatic rings. The Balaban J connectivity index is 2.96. The van der Waals surface area contributed by atoms with Crippen LogP contribution in [0.1, 0.15) is 0 Å². The van der Waals surface area contributed by atoms with Crippen LogP contribution in [0.3, 0.4) is 0 Å². The Morgan fingerprint density at radius 2 is 2.27 bits per heavy atom. The Morgan fingerprint density at radius 1 is 1.45 bits per heavy atom. The van der Waals surface area contributed by atoms with Gasteiger partial charge in [-0.3, -0.25) is 5.10 Å². The van der Waals surface area contributed by atoms with E-state index in [1.807, 2.05) is 0 Å². The topological polar surface area (TPSA) is 28.7 Å². The molecule has 11 heavy (non-hydrogen) atoms. The first-order valence-electron chi connectivity index (χ1n) is 3.07.